The SMILES string of the molecule is O=C(CSc1ccccc1F)NC1CCCCC1O. The molecule has 1 aromatic rings. The van der Waals surface area contributed by atoms with Gasteiger partial charge in [0, 0.05) is 4.90 Å². The smallest absolute Gasteiger partial charge is 0.230 e. The third kappa shape index (κ3) is 4.21. The van der Waals surface area contributed by atoms with E-state index in [2.05, 4.69) is 5.32 Å². The molecule has 0 spiro atoms. The molecule has 1 saturated carbocycles. The predicted octanol–water partition coefficient (Wildman–Crippen LogP) is 2.34. The van der Waals surface area contributed by atoms with Crippen molar-refractivity contribution in [3.8, 4) is 0 Å². The zero-order valence-corrected chi connectivity index (χ0v) is 11.5. The van der Waals surface area contributed by atoms with Gasteiger partial charge in [-0.25, -0.2) is 4.39 Å². The van der Waals surface area contributed by atoms with E-state index in [1.807, 2.05) is 0 Å². The van der Waals surface area contributed by atoms with Gasteiger partial charge < -0.3 is 10.4 Å². The summed E-state index contributed by atoms with van der Waals surface area (Å²) in [5, 5.41) is 12.6. The highest BCUT2D eigenvalue weighted by atomic mass is 32.2. The predicted molar refractivity (Wildman–Crippen MR) is 73.5 cm³/mol. The van der Waals surface area contributed by atoms with Crippen molar-refractivity contribution in [3.05, 3.63) is 30.1 Å². The number of halogens is 1. The van der Waals surface area contributed by atoms with Crippen molar-refractivity contribution in [1.82, 2.24) is 5.32 Å². The fourth-order valence-electron chi connectivity index (χ4n) is 2.23. The average molecular weight is 283 g/mol. The van der Waals surface area contributed by atoms with E-state index in [-0.39, 0.29) is 23.5 Å². The highest BCUT2D eigenvalue weighted by molar-refractivity contribution is 8.00. The molecule has 0 aliphatic heterocycles. The molecule has 0 bridgehead atoms. The van der Waals surface area contributed by atoms with Crippen LogP contribution >= 0.6 is 11.8 Å². The number of aliphatic hydroxyl groups excluding tert-OH is 1. The molecule has 2 N–H and O–H groups in total. The first kappa shape index (κ1) is 14.3. The Morgan fingerprint density at radius 3 is 2.84 bits per heavy atom. The van der Waals surface area contributed by atoms with Gasteiger partial charge in [0.1, 0.15) is 5.82 Å². The lowest BCUT2D eigenvalue weighted by molar-refractivity contribution is -0.120. The summed E-state index contributed by atoms with van der Waals surface area (Å²) in [5.74, 6) is -0.290. The van der Waals surface area contributed by atoms with Crippen molar-refractivity contribution in [2.45, 2.75) is 42.7 Å². The van der Waals surface area contributed by atoms with E-state index in [1.54, 1.807) is 18.2 Å². The zero-order chi connectivity index (χ0) is 13.7. The van der Waals surface area contributed by atoms with Crippen molar-refractivity contribution >= 4 is 17.7 Å². The van der Waals surface area contributed by atoms with Crippen molar-refractivity contribution in [2.75, 3.05) is 5.75 Å². The number of thioether (sulfide) groups is 1. The van der Waals surface area contributed by atoms with Crippen LogP contribution in [0.5, 0.6) is 0 Å². The second-order valence-electron chi connectivity index (χ2n) is 4.74. The van der Waals surface area contributed by atoms with Crippen LogP contribution in [0.4, 0.5) is 4.39 Å². The summed E-state index contributed by atoms with van der Waals surface area (Å²) >= 11 is 1.18. The summed E-state index contributed by atoms with van der Waals surface area (Å²) in [5.41, 5.74) is 0. The van der Waals surface area contributed by atoms with Crippen LogP contribution in [0.3, 0.4) is 0 Å². The van der Waals surface area contributed by atoms with Crippen LogP contribution in [-0.2, 0) is 4.79 Å². The maximum Gasteiger partial charge on any atom is 0.230 e. The maximum absolute atomic E-state index is 13.4. The van der Waals surface area contributed by atoms with Crippen LogP contribution in [0.2, 0.25) is 0 Å². The topological polar surface area (TPSA) is 49.3 Å². The number of amides is 1. The standard InChI is InChI=1S/C14H18FNO2S/c15-10-5-1-4-8-13(10)19-9-14(18)16-11-6-2-3-7-12(11)17/h1,4-5,8,11-12,17H,2-3,6-7,9H2,(H,16,18). The zero-order valence-electron chi connectivity index (χ0n) is 10.6. The molecule has 19 heavy (non-hydrogen) atoms. The largest absolute Gasteiger partial charge is 0.391 e. The minimum atomic E-state index is -0.448. The van der Waals surface area contributed by atoms with Gasteiger partial charge in [-0.3, -0.25) is 4.79 Å². The lowest BCUT2D eigenvalue weighted by atomic mass is 9.93. The van der Waals surface area contributed by atoms with Gasteiger partial charge in [-0.1, -0.05) is 25.0 Å². The summed E-state index contributed by atoms with van der Waals surface area (Å²) in [7, 11) is 0. The lowest BCUT2D eigenvalue weighted by Crippen LogP contribution is -2.45. The van der Waals surface area contributed by atoms with E-state index in [4.69, 9.17) is 0 Å². The molecule has 2 rings (SSSR count). The molecule has 0 heterocycles. The van der Waals surface area contributed by atoms with Crippen molar-refractivity contribution in [2.24, 2.45) is 0 Å². The van der Waals surface area contributed by atoms with Gasteiger partial charge in [0.25, 0.3) is 0 Å². The first-order valence-electron chi connectivity index (χ1n) is 6.51. The van der Waals surface area contributed by atoms with Gasteiger partial charge in [-0.2, -0.15) is 0 Å². The molecule has 1 amide bonds. The molecule has 0 aromatic heterocycles. The van der Waals surface area contributed by atoms with E-state index in [0.717, 1.165) is 25.7 Å². The van der Waals surface area contributed by atoms with E-state index in [9.17, 15) is 14.3 Å². The summed E-state index contributed by atoms with van der Waals surface area (Å²) in [6.45, 7) is 0. The van der Waals surface area contributed by atoms with Crippen LogP contribution in [0.25, 0.3) is 0 Å². The molecular formula is C14H18FNO2S. The molecular weight excluding hydrogens is 265 g/mol. The summed E-state index contributed by atoms with van der Waals surface area (Å²) in [6, 6.07) is 6.25. The Bertz CT molecular complexity index is 441. The summed E-state index contributed by atoms with van der Waals surface area (Å²) < 4.78 is 13.4. The monoisotopic (exact) mass is 283 g/mol. The van der Waals surface area contributed by atoms with Gasteiger partial charge in [0.2, 0.25) is 5.91 Å². The maximum atomic E-state index is 13.4. The third-order valence-electron chi connectivity index (χ3n) is 3.27. The van der Waals surface area contributed by atoms with Gasteiger partial charge in [-0.05, 0) is 25.0 Å². The minimum absolute atomic E-state index is 0.150. The van der Waals surface area contributed by atoms with Crippen molar-refractivity contribution in [1.29, 1.82) is 0 Å². The number of hydrogen-bond acceptors (Lipinski definition) is 3. The normalized spacial score (nSPS) is 23.1. The number of aliphatic hydroxyl groups is 1. The van der Waals surface area contributed by atoms with Gasteiger partial charge in [0.05, 0.1) is 17.9 Å². The molecule has 3 nitrogen and oxygen atoms in total. The second-order valence-corrected chi connectivity index (χ2v) is 5.76. The van der Waals surface area contributed by atoms with Gasteiger partial charge >= 0.3 is 0 Å². The molecule has 1 fully saturated rings. The van der Waals surface area contributed by atoms with Crippen LogP contribution < -0.4 is 5.32 Å². The number of nitrogens with one attached hydrogen (secondary N) is 1. The van der Waals surface area contributed by atoms with Gasteiger partial charge in [-0.15, -0.1) is 11.8 Å². The second kappa shape index (κ2) is 6.91. The summed E-state index contributed by atoms with van der Waals surface area (Å²) in [4.78, 5) is 12.2. The Hall–Kier alpha value is -1.07. The van der Waals surface area contributed by atoms with Crippen molar-refractivity contribution in [3.63, 3.8) is 0 Å². The molecule has 2 unspecified atom stereocenters. The molecule has 1 aromatic carbocycles. The first-order valence-corrected chi connectivity index (χ1v) is 7.50. The number of benzene rings is 1. The number of hydrogen-bond donors (Lipinski definition) is 2. The number of carbonyl (C=O) groups excluding carboxylic acids is 1. The van der Waals surface area contributed by atoms with Crippen LogP contribution in [0, 0.1) is 5.82 Å². The van der Waals surface area contributed by atoms with Gasteiger partial charge in [0.15, 0.2) is 0 Å². The molecule has 0 radical (unpaired) electrons. The van der Waals surface area contributed by atoms with E-state index in [0.29, 0.717) is 4.90 Å². The Balaban J connectivity index is 1.80. The molecule has 1 aliphatic carbocycles. The van der Waals surface area contributed by atoms with Crippen LogP contribution in [0.15, 0.2) is 29.2 Å². The highest BCUT2D eigenvalue weighted by Crippen LogP contribution is 2.22. The fraction of sp³-hybridized carbons (Fsp3) is 0.500. The average Bonchev–Trinajstić information content (AvgIpc) is 2.40. The number of carbonyl (C=O) groups is 1. The van der Waals surface area contributed by atoms with Crippen molar-refractivity contribution < 1.29 is 14.3 Å². The molecule has 5 heteroatoms. The Labute approximate surface area is 116 Å². The third-order valence-corrected chi connectivity index (χ3v) is 4.32. The quantitative estimate of drug-likeness (QED) is 0.834. The Morgan fingerprint density at radius 1 is 1.37 bits per heavy atom. The Kier molecular flexibility index (Phi) is 5.22. The molecule has 1 aliphatic rings. The van der Waals surface area contributed by atoms with E-state index in [1.165, 1.54) is 17.8 Å². The fourth-order valence-corrected chi connectivity index (χ4v) is 2.98. The highest BCUT2D eigenvalue weighted by Gasteiger charge is 2.24. The summed E-state index contributed by atoms with van der Waals surface area (Å²) in [6.07, 6.45) is 3.15. The molecule has 0 saturated heterocycles. The van der Waals surface area contributed by atoms with E-state index >= 15 is 0 Å². The Morgan fingerprint density at radius 2 is 2.11 bits per heavy atom. The minimum Gasteiger partial charge on any atom is -0.391 e. The van der Waals surface area contributed by atoms with E-state index < -0.39 is 6.10 Å². The lowest BCUT2D eigenvalue weighted by Gasteiger charge is -2.28. The number of rotatable bonds is 4. The molecule has 104 valence electrons. The molecule has 2 atom stereocenters. The first-order chi connectivity index (χ1) is 9.16. The van der Waals surface area contributed by atoms with Crippen LogP contribution in [-0.4, -0.2) is 28.9 Å². The van der Waals surface area contributed by atoms with Crippen LogP contribution in [0.1, 0.15) is 25.7 Å².